The van der Waals surface area contributed by atoms with Crippen molar-refractivity contribution in [2.75, 3.05) is 28.2 Å². The first-order chi connectivity index (χ1) is 17.0. The third kappa shape index (κ3) is 14.1. The summed E-state index contributed by atoms with van der Waals surface area (Å²) >= 11 is 0. The van der Waals surface area contributed by atoms with Crippen molar-refractivity contribution in [2.24, 2.45) is 0 Å². The molecule has 0 aromatic carbocycles. The zero-order valence-corrected chi connectivity index (χ0v) is 25.6. The molecule has 0 aromatic heterocycles. The Bertz CT molecular complexity index is 477. The van der Waals surface area contributed by atoms with Gasteiger partial charge in [-0.05, 0) is 26.8 Å². The summed E-state index contributed by atoms with van der Waals surface area (Å²) in [5.74, 6) is 0. The lowest BCUT2D eigenvalue weighted by atomic mass is 9.74. The predicted octanol–water partition coefficient (Wildman–Crippen LogP) is 6.92. The molecular weight excluding hydrogens is 448 g/mol. The molecule has 0 amide bonds. The van der Waals surface area contributed by atoms with Crippen molar-refractivity contribution in [3.63, 3.8) is 0 Å². The first-order valence-corrected chi connectivity index (χ1v) is 15.6. The molecule has 3 atom stereocenters. The van der Waals surface area contributed by atoms with Gasteiger partial charge >= 0.3 is 0 Å². The molecule has 0 aliphatic rings. The zero-order chi connectivity index (χ0) is 27.5. The van der Waals surface area contributed by atoms with E-state index in [9.17, 15) is 15.3 Å². The highest BCUT2D eigenvalue weighted by molar-refractivity contribution is 4.99. The van der Waals surface area contributed by atoms with Gasteiger partial charge in [-0.15, -0.1) is 0 Å². The molecular formula is C31H67N2O3+. The van der Waals surface area contributed by atoms with Crippen LogP contribution in [0.4, 0.5) is 0 Å². The molecule has 36 heavy (non-hydrogen) atoms. The average molecular weight is 516 g/mol. The van der Waals surface area contributed by atoms with Gasteiger partial charge in [0.1, 0.15) is 5.54 Å². The van der Waals surface area contributed by atoms with Gasteiger partial charge in [-0.3, -0.25) is 5.32 Å². The van der Waals surface area contributed by atoms with E-state index < -0.39 is 23.5 Å². The van der Waals surface area contributed by atoms with Gasteiger partial charge in [-0.1, -0.05) is 117 Å². The largest absolute Gasteiger partial charge is 0.393 e. The molecule has 0 aliphatic heterocycles. The maximum Gasteiger partial charge on any atom is 0.168 e. The van der Waals surface area contributed by atoms with Gasteiger partial charge in [0.15, 0.2) is 5.72 Å². The number of hydrogen-bond donors (Lipinski definition) is 4. The Morgan fingerprint density at radius 2 is 0.917 bits per heavy atom. The second kappa shape index (κ2) is 19.8. The van der Waals surface area contributed by atoms with E-state index in [1.54, 1.807) is 7.05 Å². The summed E-state index contributed by atoms with van der Waals surface area (Å²) in [5.41, 5.74) is -1.92. The topological polar surface area (TPSA) is 72.7 Å². The molecule has 3 unspecified atom stereocenters. The van der Waals surface area contributed by atoms with Gasteiger partial charge < -0.3 is 19.8 Å². The smallest absolute Gasteiger partial charge is 0.168 e. The fourth-order valence-corrected chi connectivity index (χ4v) is 5.93. The predicted molar refractivity (Wildman–Crippen MR) is 156 cm³/mol. The minimum absolute atomic E-state index is 0.468. The summed E-state index contributed by atoms with van der Waals surface area (Å²) in [4.78, 5) is 0. The first-order valence-electron chi connectivity index (χ1n) is 15.6. The van der Waals surface area contributed by atoms with Crippen LogP contribution in [-0.2, 0) is 0 Å². The maximum atomic E-state index is 11.5. The number of rotatable bonds is 25. The van der Waals surface area contributed by atoms with Crippen molar-refractivity contribution in [1.82, 2.24) is 5.32 Å². The molecule has 5 heteroatoms. The lowest BCUT2D eigenvalue weighted by Gasteiger charge is -2.55. The highest BCUT2D eigenvalue weighted by atomic mass is 16.3. The molecule has 218 valence electrons. The molecule has 0 aliphatic carbocycles. The van der Waals surface area contributed by atoms with Crippen LogP contribution in [0.1, 0.15) is 149 Å². The third-order valence-corrected chi connectivity index (χ3v) is 8.61. The Labute approximate surface area is 226 Å². The van der Waals surface area contributed by atoms with E-state index >= 15 is 0 Å². The van der Waals surface area contributed by atoms with E-state index in [2.05, 4.69) is 40.3 Å². The standard InChI is InChI=1S/C31H67N2O3/c1-8-10-12-14-16-18-20-22-24-28(34)26-31(33(5,6)7,30(3,36)32-4)27-29(35)25-23-21-19-17-15-13-11-9-2/h28-29,32,34-36H,8-27H2,1-7H3/q+1. The van der Waals surface area contributed by atoms with Crippen LogP contribution in [0.15, 0.2) is 0 Å². The van der Waals surface area contributed by atoms with Gasteiger partial charge in [0, 0.05) is 12.8 Å². The third-order valence-electron chi connectivity index (χ3n) is 8.61. The molecule has 0 aromatic rings. The SMILES string of the molecule is CCCCCCCCCCC(O)CC(CC(O)CCCCCCCCCC)(C(C)(O)NC)[N+](C)(C)C. The van der Waals surface area contributed by atoms with Gasteiger partial charge in [0.2, 0.25) is 0 Å². The molecule has 0 fully saturated rings. The Kier molecular flexibility index (Phi) is 19.7. The number of unbranched alkanes of at least 4 members (excludes halogenated alkanes) is 14. The maximum absolute atomic E-state index is 11.5. The number of hydrogen-bond acceptors (Lipinski definition) is 4. The molecule has 5 nitrogen and oxygen atoms in total. The number of likely N-dealkylation sites (N-methyl/N-ethyl adjacent to an activating group) is 2. The summed E-state index contributed by atoms with van der Waals surface area (Å²) in [7, 11) is 8.02. The van der Waals surface area contributed by atoms with Crippen LogP contribution in [0.2, 0.25) is 0 Å². The van der Waals surface area contributed by atoms with Crippen LogP contribution < -0.4 is 5.32 Å². The fourth-order valence-electron chi connectivity index (χ4n) is 5.93. The van der Waals surface area contributed by atoms with Gasteiger partial charge in [-0.25, -0.2) is 0 Å². The van der Waals surface area contributed by atoms with Crippen LogP contribution in [0.5, 0.6) is 0 Å². The molecule has 0 rings (SSSR count). The highest BCUT2D eigenvalue weighted by Gasteiger charge is 2.57. The minimum atomic E-state index is -1.22. The van der Waals surface area contributed by atoms with Gasteiger partial charge in [0.25, 0.3) is 0 Å². The van der Waals surface area contributed by atoms with E-state index in [1.807, 2.05) is 6.92 Å². The van der Waals surface area contributed by atoms with Crippen molar-refractivity contribution in [1.29, 1.82) is 0 Å². The molecule has 0 bridgehead atoms. The van der Waals surface area contributed by atoms with Gasteiger partial charge in [-0.2, -0.15) is 0 Å². The average Bonchev–Trinajstić information content (AvgIpc) is 2.81. The first kappa shape index (κ1) is 35.8. The molecule has 0 saturated heterocycles. The molecule has 0 radical (unpaired) electrons. The lowest BCUT2D eigenvalue weighted by molar-refractivity contribution is -0.935. The van der Waals surface area contributed by atoms with E-state index in [0.29, 0.717) is 17.3 Å². The summed E-state index contributed by atoms with van der Waals surface area (Å²) < 4.78 is 0.476. The van der Waals surface area contributed by atoms with Gasteiger partial charge in [0.05, 0.1) is 33.4 Å². The highest BCUT2D eigenvalue weighted by Crippen LogP contribution is 2.40. The van der Waals surface area contributed by atoms with Crippen molar-refractivity contribution < 1.29 is 19.8 Å². The fraction of sp³-hybridized carbons (Fsp3) is 1.00. The van der Waals surface area contributed by atoms with Crippen LogP contribution in [0.3, 0.4) is 0 Å². The molecule has 0 spiro atoms. The van der Waals surface area contributed by atoms with Crippen LogP contribution in [0, 0.1) is 0 Å². The van der Waals surface area contributed by atoms with Crippen molar-refractivity contribution in [3.05, 3.63) is 0 Å². The Morgan fingerprint density at radius 1 is 0.611 bits per heavy atom. The minimum Gasteiger partial charge on any atom is -0.393 e. The summed E-state index contributed by atoms with van der Waals surface area (Å²) in [6.45, 7) is 6.31. The number of quaternary nitrogens is 1. The van der Waals surface area contributed by atoms with Crippen molar-refractivity contribution >= 4 is 0 Å². The Hall–Kier alpha value is -0.200. The van der Waals surface area contributed by atoms with Crippen LogP contribution in [-0.4, -0.2) is 71.5 Å². The van der Waals surface area contributed by atoms with E-state index in [1.165, 1.54) is 77.0 Å². The number of nitrogens with zero attached hydrogens (tertiary/aromatic N) is 1. The zero-order valence-electron chi connectivity index (χ0n) is 25.6. The quantitative estimate of drug-likeness (QED) is 0.0605. The van der Waals surface area contributed by atoms with E-state index in [0.717, 1.165) is 38.5 Å². The van der Waals surface area contributed by atoms with Crippen molar-refractivity contribution in [3.8, 4) is 0 Å². The number of aliphatic hydroxyl groups is 3. The lowest BCUT2D eigenvalue weighted by Crippen LogP contribution is -2.74. The van der Waals surface area contributed by atoms with E-state index in [-0.39, 0.29) is 0 Å². The number of nitrogens with one attached hydrogen (secondary N) is 1. The molecule has 4 N–H and O–H groups in total. The summed E-state index contributed by atoms with van der Waals surface area (Å²) in [6.07, 6.45) is 21.4. The molecule has 0 heterocycles. The van der Waals surface area contributed by atoms with Crippen LogP contribution >= 0.6 is 0 Å². The van der Waals surface area contributed by atoms with Crippen molar-refractivity contribution in [2.45, 2.75) is 173 Å². The van der Waals surface area contributed by atoms with Crippen LogP contribution in [0.25, 0.3) is 0 Å². The molecule has 0 saturated carbocycles. The van der Waals surface area contributed by atoms with E-state index in [4.69, 9.17) is 0 Å². The second-order valence-corrected chi connectivity index (χ2v) is 12.6. The summed E-state index contributed by atoms with van der Waals surface area (Å²) in [5, 5.41) is 36.9. The normalized spacial score (nSPS) is 17.5. The second-order valence-electron chi connectivity index (χ2n) is 12.6. The number of aliphatic hydroxyl groups excluding tert-OH is 2. The Morgan fingerprint density at radius 3 is 1.19 bits per heavy atom. The monoisotopic (exact) mass is 516 g/mol. The Balaban J connectivity index is 4.90. The summed E-state index contributed by atoms with van der Waals surface area (Å²) in [6, 6.07) is 0.